The second kappa shape index (κ2) is 10.2. The Morgan fingerprint density at radius 3 is 2.36 bits per heavy atom. The number of benzene rings is 2. The van der Waals surface area contributed by atoms with Crippen LogP contribution in [-0.4, -0.2) is 36.4 Å². The van der Waals surface area contributed by atoms with Gasteiger partial charge in [-0.25, -0.2) is 0 Å². The molecule has 2 rings (SSSR count). The van der Waals surface area contributed by atoms with Gasteiger partial charge in [0.2, 0.25) is 11.8 Å². The van der Waals surface area contributed by atoms with Crippen LogP contribution in [0.4, 0.5) is 8.78 Å². The molecule has 0 bridgehead atoms. The molecule has 2 aromatic rings. The molecule has 0 radical (unpaired) electrons. The maximum atomic E-state index is 12.4. The topological polar surface area (TPSA) is 58.6 Å². The van der Waals surface area contributed by atoms with Crippen molar-refractivity contribution in [3.8, 4) is 5.75 Å². The highest BCUT2D eigenvalue weighted by Gasteiger charge is 2.18. The number of rotatable bonds is 8. The second-order valence-corrected chi connectivity index (χ2v) is 6.19. The molecule has 2 amide bonds. The number of alkyl halides is 2. The van der Waals surface area contributed by atoms with Crippen LogP contribution in [0, 0.1) is 0 Å². The second-order valence-electron chi connectivity index (χ2n) is 6.19. The lowest BCUT2D eigenvalue weighted by Crippen LogP contribution is -2.44. The first-order chi connectivity index (χ1) is 13.3. The molecule has 0 saturated carbocycles. The van der Waals surface area contributed by atoms with Gasteiger partial charge in [0, 0.05) is 19.7 Å². The van der Waals surface area contributed by atoms with E-state index in [2.05, 4.69) is 10.1 Å². The molecule has 1 atom stereocenters. The number of amides is 2. The fourth-order valence-corrected chi connectivity index (χ4v) is 2.52. The summed E-state index contributed by atoms with van der Waals surface area (Å²) in [7, 11) is 1.61. The molecule has 5 nitrogen and oxygen atoms in total. The van der Waals surface area contributed by atoms with Gasteiger partial charge in [-0.1, -0.05) is 42.5 Å². The summed E-state index contributed by atoms with van der Waals surface area (Å²) >= 11 is 0. The molecule has 148 valence electrons. The summed E-state index contributed by atoms with van der Waals surface area (Å²) in [5.74, 6) is -0.584. The quantitative estimate of drug-likeness (QED) is 0.705. The third kappa shape index (κ3) is 6.83. The lowest BCUT2D eigenvalue weighted by atomic mass is 10.2. The summed E-state index contributed by atoms with van der Waals surface area (Å²) in [5, 5.41) is 2.63. The van der Waals surface area contributed by atoms with Crippen LogP contribution in [0.15, 0.2) is 60.7 Å². The van der Waals surface area contributed by atoms with Gasteiger partial charge in [-0.3, -0.25) is 9.59 Å². The van der Waals surface area contributed by atoms with Crippen molar-refractivity contribution in [1.29, 1.82) is 0 Å². The lowest BCUT2D eigenvalue weighted by Gasteiger charge is -2.22. The van der Waals surface area contributed by atoms with Crippen molar-refractivity contribution < 1.29 is 23.1 Å². The van der Waals surface area contributed by atoms with Crippen molar-refractivity contribution in [3.63, 3.8) is 0 Å². The molecule has 0 aliphatic rings. The third-order valence-electron chi connectivity index (χ3n) is 3.90. The van der Waals surface area contributed by atoms with Crippen LogP contribution in [0.3, 0.4) is 0 Å². The highest BCUT2D eigenvalue weighted by atomic mass is 19.3. The number of nitrogens with zero attached hydrogens (tertiary/aromatic N) is 1. The standard InChI is InChI=1S/C21H22F2N2O3/c1-15(24-19(26)13-10-16-6-4-3-5-7-16)20(27)25(2)14-17-8-11-18(12-9-17)28-21(22)23/h3-13,15,21H,14H2,1-2H3,(H,24,26)/b13-10+. The minimum absolute atomic E-state index is 0.0542. The van der Waals surface area contributed by atoms with Crippen molar-refractivity contribution in [2.75, 3.05) is 7.05 Å². The van der Waals surface area contributed by atoms with Crippen molar-refractivity contribution in [1.82, 2.24) is 10.2 Å². The fraction of sp³-hybridized carbons (Fsp3) is 0.238. The van der Waals surface area contributed by atoms with Gasteiger partial charge in [-0.15, -0.1) is 0 Å². The van der Waals surface area contributed by atoms with Crippen molar-refractivity contribution in [2.24, 2.45) is 0 Å². The molecular formula is C21H22F2N2O3. The monoisotopic (exact) mass is 388 g/mol. The Morgan fingerprint density at radius 2 is 1.75 bits per heavy atom. The molecule has 2 aromatic carbocycles. The Hall–Kier alpha value is -3.22. The van der Waals surface area contributed by atoms with Gasteiger partial charge < -0.3 is 15.0 Å². The Bertz CT molecular complexity index is 808. The average molecular weight is 388 g/mol. The number of hydrogen-bond donors (Lipinski definition) is 1. The van der Waals surface area contributed by atoms with Crippen LogP contribution in [0.2, 0.25) is 0 Å². The number of likely N-dealkylation sites (N-methyl/N-ethyl adjacent to an activating group) is 1. The van der Waals surface area contributed by atoms with Gasteiger partial charge >= 0.3 is 6.61 Å². The van der Waals surface area contributed by atoms with Gasteiger partial charge in [0.1, 0.15) is 11.8 Å². The molecule has 1 unspecified atom stereocenters. The molecule has 0 saturated heterocycles. The lowest BCUT2D eigenvalue weighted by molar-refractivity contribution is -0.134. The van der Waals surface area contributed by atoms with Gasteiger partial charge in [0.15, 0.2) is 0 Å². The van der Waals surface area contributed by atoms with E-state index in [1.54, 1.807) is 32.2 Å². The highest BCUT2D eigenvalue weighted by molar-refractivity contribution is 5.95. The number of halogens is 2. The Kier molecular flexibility index (Phi) is 7.68. The van der Waals surface area contributed by atoms with Crippen LogP contribution in [0.5, 0.6) is 5.75 Å². The summed E-state index contributed by atoms with van der Waals surface area (Å²) in [6.45, 7) is -1.00. The minimum Gasteiger partial charge on any atom is -0.435 e. The molecule has 7 heteroatoms. The molecule has 1 N–H and O–H groups in total. The SMILES string of the molecule is CC(NC(=O)/C=C/c1ccccc1)C(=O)N(C)Cc1ccc(OC(F)F)cc1. The van der Waals surface area contributed by atoms with E-state index in [9.17, 15) is 18.4 Å². The first-order valence-electron chi connectivity index (χ1n) is 8.67. The Labute approximate surface area is 162 Å². The number of nitrogens with one attached hydrogen (secondary N) is 1. The van der Waals surface area contributed by atoms with Gasteiger partial charge in [0.05, 0.1) is 0 Å². The van der Waals surface area contributed by atoms with Gasteiger partial charge in [-0.2, -0.15) is 8.78 Å². The first-order valence-corrected chi connectivity index (χ1v) is 8.67. The van der Waals surface area contributed by atoms with Crippen molar-refractivity contribution >= 4 is 17.9 Å². The zero-order chi connectivity index (χ0) is 20.5. The summed E-state index contributed by atoms with van der Waals surface area (Å²) < 4.78 is 28.6. The molecule has 0 spiro atoms. The maximum Gasteiger partial charge on any atom is 0.387 e. The number of carbonyl (C=O) groups is 2. The molecule has 0 aliphatic carbocycles. The van der Waals surface area contributed by atoms with Crippen LogP contribution < -0.4 is 10.1 Å². The van der Waals surface area contributed by atoms with E-state index in [1.807, 2.05) is 30.3 Å². The Balaban J connectivity index is 1.86. The van der Waals surface area contributed by atoms with E-state index in [0.717, 1.165) is 11.1 Å². The highest BCUT2D eigenvalue weighted by Crippen LogP contribution is 2.16. The number of ether oxygens (including phenoxy) is 1. The van der Waals surface area contributed by atoms with Crippen LogP contribution >= 0.6 is 0 Å². The van der Waals surface area contributed by atoms with Crippen LogP contribution in [-0.2, 0) is 16.1 Å². The predicted octanol–water partition coefficient (Wildman–Crippen LogP) is 3.46. The summed E-state index contributed by atoms with van der Waals surface area (Å²) in [6, 6.07) is 14.7. The van der Waals surface area contributed by atoms with Crippen LogP contribution in [0.25, 0.3) is 6.08 Å². The summed E-state index contributed by atoms with van der Waals surface area (Å²) in [5.41, 5.74) is 1.63. The molecule has 0 aromatic heterocycles. The molecule has 0 aliphatic heterocycles. The number of carbonyl (C=O) groups excluding carboxylic acids is 2. The van der Waals surface area contributed by atoms with Gasteiger partial charge in [0.25, 0.3) is 0 Å². The van der Waals surface area contributed by atoms with Crippen molar-refractivity contribution in [3.05, 3.63) is 71.8 Å². The van der Waals surface area contributed by atoms with Gasteiger partial charge in [-0.05, 0) is 36.3 Å². The smallest absolute Gasteiger partial charge is 0.387 e. The molecular weight excluding hydrogens is 366 g/mol. The maximum absolute atomic E-state index is 12.4. The zero-order valence-electron chi connectivity index (χ0n) is 15.6. The normalized spacial score (nSPS) is 12.0. The van der Waals surface area contributed by atoms with E-state index in [-0.39, 0.29) is 24.1 Å². The summed E-state index contributed by atoms with van der Waals surface area (Å²) in [4.78, 5) is 25.9. The minimum atomic E-state index is -2.88. The average Bonchev–Trinajstić information content (AvgIpc) is 2.67. The Morgan fingerprint density at radius 1 is 1.11 bits per heavy atom. The van der Waals surface area contributed by atoms with E-state index in [1.165, 1.54) is 23.1 Å². The largest absolute Gasteiger partial charge is 0.435 e. The van der Waals surface area contributed by atoms with E-state index in [4.69, 9.17) is 0 Å². The fourth-order valence-electron chi connectivity index (χ4n) is 2.52. The molecule has 0 heterocycles. The van der Waals surface area contributed by atoms with Crippen molar-refractivity contribution in [2.45, 2.75) is 26.1 Å². The van der Waals surface area contributed by atoms with E-state index in [0.29, 0.717) is 0 Å². The zero-order valence-corrected chi connectivity index (χ0v) is 15.6. The van der Waals surface area contributed by atoms with Crippen LogP contribution in [0.1, 0.15) is 18.1 Å². The molecule has 28 heavy (non-hydrogen) atoms. The third-order valence-corrected chi connectivity index (χ3v) is 3.90. The summed E-state index contributed by atoms with van der Waals surface area (Å²) in [6.07, 6.45) is 3.04. The first kappa shape index (κ1) is 21.1. The van der Waals surface area contributed by atoms with E-state index < -0.39 is 12.7 Å². The molecule has 0 fully saturated rings. The predicted molar refractivity (Wildman–Crippen MR) is 103 cm³/mol. The van der Waals surface area contributed by atoms with E-state index >= 15 is 0 Å². The number of hydrogen-bond acceptors (Lipinski definition) is 3.